The van der Waals surface area contributed by atoms with Gasteiger partial charge in [-0.25, -0.2) is 0 Å². The average Bonchev–Trinajstić information content (AvgIpc) is 2.42. The number of pyridine rings is 1. The molecule has 0 fully saturated rings. The Kier molecular flexibility index (Phi) is 4.38. The zero-order chi connectivity index (χ0) is 13.0. The van der Waals surface area contributed by atoms with E-state index in [1.54, 1.807) is 0 Å². The predicted octanol–water partition coefficient (Wildman–Crippen LogP) is 5.31. The molecule has 0 aliphatic carbocycles. The van der Waals surface area contributed by atoms with Gasteiger partial charge in [0.05, 0.1) is 5.69 Å². The van der Waals surface area contributed by atoms with Gasteiger partial charge in [-0.2, -0.15) is 0 Å². The topological polar surface area (TPSA) is 12.9 Å². The number of halogens is 1. The predicted molar refractivity (Wildman–Crippen MR) is 78.0 cm³/mol. The second-order valence-electron chi connectivity index (χ2n) is 4.46. The van der Waals surface area contributed by atoms with Crippen LogP contribution in [0.25, 0.3) is 11.3 Å². The highest BCUT2D eigenvalue weighted by Crippen LogP contribution is 2.33. The van der Waals surface area contributed by atoms with Gasteiger partial charge in [-0.3, -0.25) is 4.98 Å². The highest BCUT2D eigenvalue weighted by molar-refractivity contribution is 6.30. The molecular weight excluding hydrogens is 242 g/mol. The molecule has 0 atom stereocenters. The van der Waals surface area contributed by atoms with Crippen molar-refractivity contribution < 1.29 is 0 Å². The molecule has 94 valence electrons. The van der Waals surface area contributed by atoms with E-state index in [-0.39, 0.29) is 0 Å². The Morgan fingerprint density at radius 1 is 1.11 bits per heavy atom. The summed E-state index contributed by atoms with van der Waals surface area (Å²) in [6.07, 6.45) is 4.10. The van der Waals surface area contributed by atoms with Gasteiger partial charge in [-0.1, -0.05) is 37.6 Å². The van der Waals surface area contributed by atoms with Gasteiger partial charge in [0, 0.05) is 16.8 Å². The first kappa shape index (κ1) is 13.1. The van der Waals surface area contributed by atoms with Crippen molar-refractivity contribution in [1.82, 2.24) is 4.98 Å². The Hall–Kier alpha value is -1.34. The molecule has 18 heavy (non-hydrogen) atoms. The lowest BCUT2D eigenvalue weighted by atomic mass is 9.89. The van der Waals surface area contributed by atoms with Crippen LogP contribution >= 0.6 is 11.6 Å². The monoisotopic (exact) mass is 259 g/mol. The van der Waals surface area contributed by atoms with Crippen LogP contribution in [-0.2, 0) is 0 Å². The van der Waals surface area contributed by atoms with Crippen LogP contribution < -0.4 is 0 Å². The Labute approximate surface area is 114 Å². The van der Waals surface area contributed by atoms with Crippen molar-refractivity contribution in [2.45, 2.75) is 32.6 Å². The molecule has 0 unspecified atom stereocenters. The summed E-state index contributed by atoms with van der Waals surface area (Å²) in [7, 11) is 0. The van der Waals surface area contributed by atoms with Crippen LogP contribution in [0.15, 0.2) is 42.6 Å². The molecule has 0 spiro atoms. The molecular formula is C16H18ClN. The highest BCUT2D eigenvalue weighted by Gasteiger charge is 2.14. The second kappa shape index (κ2) is 6.01. The largest absolute Gasteiger partial charge is 0.256 e. The molecule has 0 saturated heterocycles. The Balaban J connectivity index is 2.54. The van der Waals surface area contributed by atoms with Crippen molar-refractivity contribution in [3.8, 4) is 11.3 Å². The number of rotatable bonds is 4. The molecule has 0 aliphatic heterocycles. The number of hydrogen-bond acceptors (Lipinski definition) is 1. The summed E-state index contributed by atoms with van der Waals surface area (Å²) in [6, 6.07) is 12.1. The quantitative estimate of drug-likeness (QED) is 0.725. The van der Waals surface area contributed by atoms with Gasteiger partial charge in [0.2, 0.25) is 0 Å². The van der Waals surface area contributed by atoms with Crippen molar-refractivity contribution in [1.29, 1.82) is 0 Å². The van der Waals surface area contributed by atoms with Crippen LogP contribution in [0.2, 0.25) is 5.02 Å². The van der Waals surface area contributed by atoms with Gasteiger partial charge in [0.1, 0.15) is 0 Å². The molecule has 0 N–H and O–H groups in total. The van der Waals surface area contributed by atoms with Crippen molar-refractivity contribution in [3.63, 3.8) is 0 Å². The van der Waals surface area contributed by atoms with E-state index in [4.69, 9.17) is 11.6 Å². The summed E-state index contributed by atoms with van der Waals surface area (Å²) in [5.74, 6) is 0.569. The molecule has 0 amide bonds. The minimum Gasteiger partial charge on any atom is -0.256 e. The average molecular weight is 260 g/mol. The van der Waals surface area contributed by atoms with E-state index in [0.29, 0.717) is 5.92 Å². The third-order valence-electron chi connectivity index (χ3n) is 3.38. The van der Waals surface area contributed by atoms with Crippen LogP contribution in [0.5, 0.6) is 0 Å². The van der Waals surface area contributed by atoms with Crippen molar-refractivity contribution in [2.24, 2.45) is 0 Å². The summed E-state index contributed by atoms with van der Waals surface area (Å²) in [5.41, 5.74) is 3.52. The lowest BCUT2D eigenvalue weighted by Gasteiger charge is -2.17. The fourth-order valence-corrected chi connectivity index (χ4v) is 2.53. The zero-order valence-electron chi connectivity index (χ0n) is 10.9. The second-order valence-corrected chi connectivity index (χ2v) is 4.90. The first-order valence-corrected chi connectivity index (χ1v) is 6.84. The van der Waals surface area contributed by atoms with Crippen LogP contribution in [-0.4, -0.2) is 4.98 Å². The lowest BCUT2D eigenvalue weighted by molar-refractivity contribution is 0.643. The third-order valence-corrected chi connectivity index (χ3v) is 3.62. The SMILES string of the molecule is CCC(CC)c1ccc(Cl)cc1-c1ccccn1. The molecule has 0 aliphatic rings. The number of hydrogen-bond donors (Lipinski definition) is 0. The number of aromatic nitrogens is 1. The van der Waals surface area contributed by atoms with Gasteiger partial charge in [-0.15, -0.1) is 0 Å². The smallest absolute Gasteiger partial charge is 0.0705 e. The fraction of sp³-hybridized carbons (Fsp3) is 0.312. The van der Waals surface area contributed by atoms with Crippen molar-refractivity contribution in [3.05, 3.63) is 53.2 Å². The van der Waals surface area contributed by atoms with Gasteiger partial charge in [0.25, 0.3) is 0 Å². The maximum absolute atomic E-state index is 6.13. The third kappa shape index (κ3) is 2.73. The molecule has 0 bridgehead atoms. The van der Waals surface area contributed by atoms with E-state index >= 15 is 0 Å². The molecule has 1 heterocycles. The molecule has 2 rings (SSSR count). The first-order valence-electron chi connectivity index (χ1n) is 6.47. The fourth-order valence-electron chi connectivity index (χ4n) is 2.36. The standard InChI is InChI=1S/C16H18ClN/c1-3-12(4-2)14-9-8-13(17)11-15(14)16-7-5-6-10-18-16/h5-12H,3-4H2,1-2H3. The summed E-state index contributed by atoms with van der Waals surface area (Å²) >= 11 is 6.13. The van der Waals surface area contributed by atoms with Crippen molar-refractivity contribution >= 4 is 11.6 Å². The molecule has 1 aromatic heterocycles. The highest BCUT2D eigenvalue weighted by atomic mass is 35.5. The van der Waals surface area contributed by atoms with E-state index in [1.807, 2.05) is 36.5 Å². The molecule has 2 aromatic rings. The van der Waals surface area contributed by atoms with Crippen molar-refractivity contribution in [2.75, 3.05) is 0 Å². The molecule has 2 heteroatoms. The Morgan fingerprint density at radius 2 is 1.89 bits per heavy atom. The van der Waals surface area contributed by atoms with E-state index in [9.17, 15) is 0 Å². The van der Waals surface area contributed by atoms with Gasteiger partial charge >= 0.3 is 0 Å². The van der Waals surface area contributed by atoms with Crippen LogP contribution in [0, 0.1) is 0 Å². The van der Waals surface area contributed by atoms with Gasteiger partial charge < -0.3 is 0 Å². The van der Waals surface area contributed by atoms with E-state index < -0.39 is 0 Å². The summed E-state index contributed by atoms with van der Waals surface area (Å²) in [4.78, 5) is 4.44. The summed E-state index contributed by atoms with van der Waals surface area (Å²) < 4.78 is 0. The maximum atomic E-state index is 6.13. The molecule has 0 radical (unpaired) electrons. The van der Waals surface area contributed by atoms with Gasteiger partial charge in [0.15, 0.2) is 0 Å². The number of nitrogens with zero attached hydrogens (tertiary/aromatic N) is 1. The summed E-state index contributed by atoms with van der Waals surface area (Å²) in [6.45, 7) is 4.45. The minimum atomic E-state index is 0.569. The molecule has 1 aromatic carbocycles. The minimum absolute atomic E-state index is 0.569. The van der Waals surface area contributed by atoms with Crippen LogP contribution in [0.1, 0.15) is 38.2 Å². The Morgan fingerprint density at radius 3 is 2.50 bits per heavy atom. The van der Waals surface area contributed by atoms with E-state index in [2.05, 4.69) is 24.9 Å². The van der Waals surface area contributed by atoms with Crippen LogP contribution in [0.4, 0.5) is 0 Å². The lowest BCUT2D eigenvalue weighted by Crippen LogP contribution is -1.99. The van der Waals surface area contributed by atoms with Crippen LogP contribution in [0.3, 0.4) is 0 Å². The Bertz CT molecular complexity index is 504. The van der Waals surface area contributed by atoms with Gasteiger partial charge in [-0.05, 0) is 48.6 Å². The summed E-state index contributed by atoms with van der Waals surface area (Å²) in [5, 5.41) is 0.769. The van der Waals surface area contributed by atoms with E-state index in [0.717, 1.165) is 29.1 Å². The first-order chi connectivity index (χ1) is 8.76. The number of benzene rings is 1. The zero-order valence-corrected chi connectivity index (χ0v) is 11.6. The van der Waals surface area contributed by atoms with E-state index in [1.165, 1.54) is 5.56 Å². The normalized spacial score (nSPS) is 10.9. The molecule has 0 saturated carbocycles. The molecule has 1 nitrogen and oxygen atoms in total. The maximum Gasteiger partial charge on any atom is 0.0705 e.